The van der Waals surface area contributed by atoms with Crippen LogP contribution in [0, 0.1) is 5.92 Å². The molecule has 3 aliphatic rings. The molecule has 0 spiro atoms. The van der Waals surface area contributed by atoms with Crippen molar-refractivity contribution in [3.05, 3.63) is 70.8 Å². The molecular weight excluding hydrogens is 234 g/mol. The van der Waals surface area contributed by atoms with Gasteiger partial charge in [0, 0.05) is 17.8 Å². The zero-order valence-electron chi connectivity index (χ0n) is 10.3. The van der Waals surface area contributed by atoms with Gasteiger partial charge < -0.3 is 5.21 Å². The molecule has 0 radical (unpaired) electrons. The Labute approximate surface area is 111 Å². The summed E-state index contributed by atoms with van der Waals surface area (Å²) in [6.45, 7) is 0. The van der Waals surface area contributed by atoms with Crippen molar-refractivity contribution in [3.63, 3.8) is 0 Å². The minimum Gasteiger partial charge on any atom is -0.411 e. The molecule has 0 aliphatic heterocycles. The van der Waals surface area contributed by atoms with Crippen LogP contribution in [0.4, 0.5) is 0 Å². The highest BCUT2D eigenvalue weighted by molar-refractivity contribution is 6.02. The topological polar surface area (TPSA) is 32.6 Å². The minimum absolute atomic E-state index is 0.148. The van der Waals surface area contributed by atoms with Gasteiger partial charge in [0.15, 0.2) is 0 Å². The molecule has 2 aromatic carbocycles. The molecule has 2 heteroatoms. The number of fused-ring (bicyclic) bond motifs is 9. The molecule has 3 aliphatic carbocycles. The molecule has 1 fully saturated rings. The molecule has 0 saturated heterocycles. The quantitative estimate of drug-likeness (QED) is 0.561. The van der Waals surface area contributed by atoms with Crippen LogP contribution in [0.15, 0.2) is 53.7 Å². The summed E-state index contributed by atoms with van der Waals surface area (Å²) in [5.41, 5.74) is 6.43. The standard InChI is InChI=1S/C17H13NO/c19-18-17-13-9-4-3-5-10(8-9)14-15(16(14)17)12-7-2-1-6-11(12)13/h1-8,13-16,19H/b18-17-. The van der Waals surface area contributed by atoms with E-state index in [1.807, 2.05) is 0 Å². The van der Waals surface area contributed by atoms with E-state index in [2.05, 4.69) is 53.7 Å². The zero-order chi connectivity index (χ0) is 12.6. The van der Waals surface area contributed by atoms with Crippen LogP contribution in [-0.2, 0) is 0 Å². The van der Waals surface area contributed by atoms with E-state index in [0.717, 1.165) is 5.71 Å². The minimum atomic E-state index is 0.148. The number of hydrogen-bond acceptors (Lipinski definition) is 2. The lowest BCUT2D eigenvalue weighted by atomic mass is 9.77. The molecule has 19 heavy (non-hydrogen) atoms. The monoisotopic (exact) mass is 247 g/mol. The van der Waals surface area contributed by atoms with Crippen molar-refractivity contribution >= 4 is 5.71 Å². The van der Waals surface area contributed by atoms with Gasteiger partial charge in [0.1, 0.15) is 0 Å². The van der Waals surface area contributed by atoms with E-state index >= 15 is 0 Å². The van der Waals surface area contributed by atoms with Crippen LogP contribution >= 0.6 is 0 Å². The number of hydrogen-bond donors (Lipinski definition) is 1. The van der Waals surface area contributed by atoms with Gasteiger partial charge in [-0.3, -0.25) is 0 Å². The number of nitrogens with zero attached hydrogens (tertiary/aromatic N) is 1. The Morgan fingerprint density at radius 1 is 0.789 bits per heavy atom. The van der Waals surface area contributed by atoms with E-state index in [9.17, 15) is 5.21 Å². The SMILES string of the molecule is O/N=C1/C2c3cccc(c3)C3C1C3c1ccccc12. The third kappa shape index (κ3) is 1.02. The molecule has 0 amide bonds. The van der Waals surface area contributed by atoms with E-state index < -0.39 is 0 Å². The zero-order valence-corrected chi connectivity index (χ0v) is 10.3. The molecule has 1 N–H and O–H groups in total. The normalized spacial score (nSPS) is 34.6. The van der Waals surface area contributed by atoms with Gasteiger partial charge in [-0.1, -0.05) is 53.7 Å². The summed E-state index contributed by atoms with van der Waals surface area (Å²) in [5.74, 6) is 1.59. The second-order valence-electron chi connectivity index (χ2n) is 5.83. The maximum Gasteiger partial charge on any atom is 0.0732 e. The van der Waals surface area contributed by atoms with Crippen LogP contribution in [0.2, 0.25) is 0 Å². The van der Waals surface area contributed by atoms with Gasteiger partial charge in [-0.15, -0.1) is 0 Å². The largest absolute Gasteiger partial charge is 0.411 e. The van der Waals surface area contributed by atoms with Gasteiger partial charge in [0.2, 0.25) is 0 Å². The summed E-state index contributed by atoms with van der Waals surface area (Å²) < 4.78 is 0. The summed E-state index contributed by atoms with van der Waals surface area (Å²) >= 11 is 0. The van der Waals surface area contributed by atoms with Crippen molar-refractivity contribution < 1.29 is 5.21 Å². The van der Waals surface area contributed by atoms with E-state index in [4.69, 9.17) is 0 Å². The first-order valence-corrected chi connectivity index (χ1v) is 6.80. The lowest BCUT2D eigenvalue weighted by Crippen LogP contribution is -2.22. The predicted molar refractivity (Wildman–Crippen MR) is 72.9 cm³/mol. The van der Waals surface area contributed by atoms with Gasteiger partial charge in [-0.25, -0.2) is 0 Å². The second kappa shape index (κ2) is 3.08. The first kappa shape index (κ1) is 9.79. The highest BCUT2D eigenvalue weighted by atomic mass is 16.4. The Hall–Kier alpha value is -2.09. The van der Waals surface area contributed by atoms with E-state index in [-0.39, 0.29) is 5.92 Å². The first-order chi connectivity index (χ1) is 9.40. The second-order valence-corrected chi connectivity index (χ2v) is 5.83. The average molecular weight is 247 g/mol. The molecule has 4 atom stereocenters. The van der Waals surface area contributed by atoms with Crippen LogP contribution in [0.25, 0.3) is 0 Å². The van der Waals surface area contributed by atoms with Gasteiger partial charge in [0.25, 0.3) is 0 Å². The maximum absolute atomic E-state index is 9.50. The molecular formula is C17H13NO. The van der Waals surface area contributed by atoms with Crippen molar-refractivity contribution in [2.75, 3.05) is 0 Å². The Balaban J connectivity index is 1.91. The van der Waals surface area contributed by atoms with Crippen LogP contribution in [0.1, 0.15) is 40.0 Å². The molecule has 0 aromatic heterocycles. The van der Waals surface area contributed by atoms with Crippen molar-refractivity contribution in [1.29, 1.82) is 0 Å². The highest BCUT2D eigenvalue weighted by Crippen LogP contribution is 2.68. The number of benzene rings is 2. The molecule has 1 saturated carbocycles. The van der Waals surface area contributed by atoms with E-state index in [1.54, 1.807) is 0 Å². The van der Waals surface area contributed by atoms with E-state index in [1.165, 1.54) is 22.3 Å². The summed E-state index contributed by atoms with van der Waals surface area (Å²) in [6, 6.07) is 17.5. The van der Waals surface area contributed by atoms with Crippen molar-refractivity contribution in [2.24, 2.45) is 11.1 Å². The lowest BCUT2D eigenvalue weighted by molar-refractivity contribution is 0.314. The summed E-state index contributed by atoms with van der Waals surface area (Å²) in [6.07, 6.45) is 0. The fourth-order valence-corrected chi connectivity index (χ4v) is 4.33. The van der Waals surface area contributed by atoms with E-state index in [0.29, 0.717) is 17.8 Å². The highest BCUT2D eigenvalue weighted by Gasteiger charge is 2.61. The van der Waals surface area contributed by atoms with Gasteiger partial charge in [-0.05, 0) is 22.3 Å². The van der Waals surface area contributed by atoms with Gasteiger partial charge in [0.05, 0.1) is 11.6 Å². The molecule has 2 aromatic rings. The fourth-order valence-electron chi connectivity index (χ4n) is 4.33. The third-order valence-corrected chi connectivity index (χ3v) is 5.07. The molecule has 92 valence electrons. The van der Waals surface area contributed by atoms with Crippen molar-refractivity contribution in [1.82, 2.24) is 0 Å². The summed E-state index contributed by atoms with van der Waals surface area (Å²) in [5, 5.41) is 13.2. The van der Waals surface area contributed by atoms with Crippen LogP contribution in [0.3, 0.4) is 0 Å². The number of oxime groups is 1. The average Bonchev–Trinajstić information content (AvgIpc) is 3.21. The Bertz CT molecular complexity index is 734. The first-order valence-electron chi connectivity index (χ1n) is 6.80. The van der Waals surface area contributed by atoms with Gasteiger partial charge in [-0.2, -0.15) is 0 Å². The Kier molecular flexibility index (Phi) is 1.58. The van der Waals surface area contributed by atoms with Gasteiger partial charge >= 0.3 is 0 Å². The predicted octanol–water partition coefficient (Wildman–Crippen LogP) is 3.47. The smallest absolute Gasteiger partial charge is 0.0732 e. The molecule has 2 nitrogen and oxygen atoms in total. The van der Waals surface area contributed by atoms with Crippen LogP contribution in [0.5, 0.6) is 0 Å². The summed E-state index contributed by atoms with van der Waals surface area (Å²) in [4.78, 5) is 0. The maximum atomic E-state index is 9.50. The lowest BCUT2D eigenvalue weighted by Gasteiger charge is -2.26. The third-order valence-electron chi connectivity index (χ3n) is 5.07. The number of rotatable bonds is 0. The molecule has 4 unspecified atom stereocenters. The Morgan fingerprint density at radius 2 is 1.58 bits per heavy atom. The van der Waals surface area contributed by atoms with Crippen LogP contribution in [-0.4, -0.2) is 10.9 Å². The van der Waals surface area contributed by atoms with Crippen LogP contribution < -0.4 is 0 Å². The molecule has 4 bridgehead atoms. The van der Waals surface area contributed by atoms with Crippen molar-refractivity contribution in [2.45, 2.75) is 17.8 Å². The molecule has 0 heterocycles. The summed E-state index contributed by atoms with van der Waals surface area (Å²) in [7, 11) is 0. The Morgan fingerprint density at radius 3 is 2.42 bits per heavy atom. The van der Waals surface area contributed by atoms with Crippen molar-refractivity contribution in [3.8, 4) is 0 Å². The molecule has 5 rings (SSSR count). The fraction of sp³-hybridized carbons (Fsp3) is 0.235.